The molecule has 0 radical (unpaired) electrons. The van der Waals surface area contributed by atoms with Crippen molar-refractivity contribution in [3.63, 3.8) is 0 Å². The van der Waals surface area contributed by atoms with Crippen molar-refractivity contribution in [2.45, 2.75) is 84.5 Å². The van der Waals surface area contributed by atoms with Gasteiger partial charge in [-0.25, -0.2) is 9.18 Å². The molecule has 0 aromatic heterocycles. The van der Waals surface area contributed by atoms with Crippen LogP contribution in [-0.2, 0) is 24.1 Å². The number of nitrogens with two attached hydrogens (primary N) is 1. The molecule has 2 aromatic carbocycles. The Morgan fingerprint density at radius 1 is 1.11 bits per heavy atom. The second kappa shape index (κ2) is 9.23. The number of aliphatic hydroxyl groups is 1. The fourth-order valence-electron chi connectivity index (χ4n) is 6.33. The Labute approximate surface area is 223 Å². The summed E-state index contributed by atoms with van der Waals surface area (Å²) in [7, 11) is 0. The predicted molar refractivity (Wildman–Crippen MR) is 145 cm³/mol. The monoisotopic (exact) mass is 520 g/mol. The lowest BCUT2D eigenvalue weighted by atomic mass is 9.75. The summed E-state index contributed by atoms with van der Waals surface area (Å²) in [5.41, 5.74) is 11.7. The van der Waals surface area contributed by atoms with E-state index in [0.29, 0.717) is 44.3 Å². The molecule has 0 spiro atoms. The van der Waals surface area contributed by atoms with E-state index in [0.717, 1.165) is 45.4 Å². The van der Waals surface area contributed by atoms with Gasteiger partial charge >= 0.3 is 6.09 Å². The van der Waals surface area contributed by atoms with E-state index in [-0.39, 0.29) is 17.6 Å². The van der Waals surface area contributed by atoms with Gasteiger partial charge in [-0.2, -0.15) is 0 Å². The summed E-state index contributed by atoms with van der Waals surface area (Å²) in [6.45, 7) is 10.1. The van der Waals surface area contributed by atoms with E-state index in [9.17, 15) is 14.7 Å². The number of primary amides is 1. The average Bonchev–Trinajstić information content (AvgIpc) is 3.20. The first-order chi connectivity index (χ1) is 17.7. The van der Waals surface area contributed by atoms with Crippen LogP contribution in [-0.4, -0.2) is 39.8 Å². The highest BCUT2D eigenvalue weighted by Crippen LogP contribution is 2.51. The van der Waals surface area contributed by atoms with Crippen molar-refractivity contribution in [1.29, 1.82) is 0 Å². The van der Waals surface area contributed by atoms with Crippen molar-refractivity contribution in [3.8, 4) is 11.1 Å². The molecule has 0 saturated carbocycles. The third kappa shape index (κ3) is 4.73. The number of carbonyl (C=O) groups is 2. The number of allylic oxidation sites excluding steroid dienone is 2. The molecule has 3 N–H and O–H groups in total. The molecule has 202 valence electrons. The maximum atomic E-state index is 16.0. The molecule has 0 saturated heterocycles. The lowest BCUT2D eigenvalue weighted by Crippen LogP contribution is -2.40. The maximum absolute atomic E-state index is 16.0. The second-order valence-electron chi connectivity index (χ2n) is 12.4. The number of benzene rings is 2. The van der Waals surface area contributed by atoms with Gasteiger partial charge in [0.1, 0.15) is 11.4 Å². The largest absolute Gasteiger partial charge is 0.444 e. The molecule has 2 amide bonds. The van der Waals surface area contributed by atoms with Crippen LogP contribution in [0.2, 0.25) is 0 Å². The second-order valence-corrected chi connectivity index (χ2v) is 12.4. The number of rotatable bonds is 3. The minimum Gasteiger partial charge on any atom is -0.444 e. The number of hydrogen-bond donors (Lipinski definition) is 2. The molecular weight excluding hydrogens is 483 g/mol. The zero-order valence-electron chi connectivity index (χ0n) is 22.9. The zero-order chi connectivity index (χ0) is 27.6. The highest BCUT2D eigenvalue weighted by atomic mass is 19.1. The minimum atomic E-state index is -0.813. The fraction of sp³-hybridized carbons (Fsp3) is 0.484. The summed E-state index contributed by atoms with van der Waals surface area (Å²) in [5.74, 6) is -0.989. The SMILES string of the molecule is CC(C)(C)OC(=O)N1CCc2c(cccc2-c2c(F)cc(C(N)=O)c3c2C2=C(C3)C[C@@H](C(C)(C)O)CC2)C1. The van der Waals surface area contributed by atoms with Gasteiger partial charge in [0.15, 0.2) is 0 Å². The molecule has 1 aliphatic heterocycles. The molecule has 1 atom stereocenters. The van der Waals surface area contributed by atoms with E-state index in [1.54, 1.807) is 4.90 Å². The first-order valence-corrected chi connectivity index (χ1v) is 13.4. The Bertz CT molecular complexity index is 1360. The summed E-state index contributed by atoms with van der Waals surface area (Å²) in [4.78, 5) is 26.8. The molecule has 38 heavy (non-hydrogen) atoms. The van der Waals surface area contributed by atoms with Crippen LogP contribution < -0.4 is 5.73 Å². The van der Waals surface area contributed by atoms with E-state index in [1.807, 2.05) is 52.8 Å². The van der Waals surface area contributed by atoms with Crippen molar-refractivity contribution in [2.75, 3.05) is 6.54 Å². The number of carbonyl (C=O) groups excluding carboxylic acids is 2. The van der Waals surface area contributed by atoms with Gasteiger partial charge in [-0.1, -0.05) is 23.8 Å². The first kappa shape index (κ1) is 26.4. The smallest absolute Gasteiger partial charge is 0.410 e. The van der Waals surface area contributed by atoms with Crippen LogP contribution in [0.3, 0.4) is 0 Å². The van der Waals surface area contributed by atoms with Crippen LogP contribution in [0, 0.1) is 11.7 Å². The molecule has 2 aromatic rings. The Morgan fingerprint density at radius 3 is 2.50 bits per heavy atom. The van der Waals surface area contributed by atoms with E-state index in [2.05, 4.69) is 0 Å². The molecule has 7 heteroatoms. The van der Waals surface area contributed by atoms with Gasteiger partial charge in [0.2, 0.25) is 5.91 Å². The third-order valence-corrected chi connectivity index (χ3v) is 8.19. The zero-order valence-corrected chi connectivity index (χ0v) is 22.9. The standard InChI is InChI=1S/C31H37FN2O4/c1-30(2,3)38-29(36)34-12-11-20-17(16-34)7-6-8-22(20)27-25(32)15-24(28(33)35)23-14-18-13-19(31(4,5)37)9-10-21(18)26(23)27/h6-8,15,19,37H,9-14,16H2,1-5H3,(H2,33,35)/t19-/m0/s1. The van der Waals surface area contributed by atoms with Crippen LogP contribution in [0.5, 0.6) is 0 Å². The van der Waals surface area contributed by atoms with Gasteiger partial charge in [-0.3, -0.25) is 4.79 Å². The van der Waals surface area contributed by atoms with Crippen molar-refractivity contribution in [1.82, 2.24) is 4.90 Å². The number of hydrogen-bond acceptors (Lipinski definition) is 4. The molecule has 0 bridgehead atoms. The Balaban J connectivity index is 1.59. The Morgan fingerprint density at radius 2 is 1.84 bits per heavy atom. The van der Waals surface area contributed by atoms with Crippen LogP contribution in [0.15, 0.2) is 29.8 Å². The quantitative estimate of drug-likeness (QED) is 0.538. The van der Waals surface area contributed by atoms with Crippen molar-refractivity contribution >= 4 is 17.6 Å². The molecule has 6 nitrogen and oxygen atoms in total. The average molecular weight is 521 g/mol. The van der Waals surface area contributed by atoms with E-state index < -0.39 is 22.9 Å². The van der Waals surface area contributed by atoms with Gasteiger partial charge in [-0.05, 0) is 112 Å². The summed E-state index contributed by atoms with van der Waals surface area (Å²) in [6.07, 6.45) is 2.98. The summed E-state index contributed by atoms with van der Waals surface area (Å²) < 4.78 is 21.6. The van der Waals surface area contributed by atoms with Crippen molar-refractivity contribution < 1.29 is 23.8 Å². The normalized spacial score (nSPS) is 19.1. The minimum absolute atomic E-state index is 0.101. The highest BCUT2D eigenvalue weighted by molar-refractivity contribution is 6.00. The number of nitrogens with zero attached hydrogens (tertiary/aromatic N) is 1. The molecular formula is C31H37FN2O4. The van der Waals surface area contributed by atoms with Crippen LogP contribution in [0.4, 0.5) is 9.18 Å². The maximum Gasteiger partial charge on any atom is 0.410 e. The van der Waals surface area contributed by atoms with Gasteiger partial charge < -0.3 is 20.5 Å². The predicted octanol–water partition coefficient (Wildman–Crippen LogP) is 5.77. The number of ether oxygens (including phenoxy) is 1. The third-order valence-electron chi connectivity index (χ3n) is 8.19. The summed E-state index contributed by atoms with van der Waals surface area (Å²) >= 11 is 0. The van der Waals surface area contributed by atoms with Gasteiger partial charge in [0.05, 0.1) is 5.60 Å². The van der Waals surface area contributed by atoms with Crippen LogP contribution in [0.1, 0.15) is 86.5 Å². The number of amides is 2. The molecule has 1 heterocycles. The molecule has 3 aliphatic rings. The van der Waals surface area contributed by atoms with E-state index >= 15 is 4.39 Å². The number of halogens is 1. The van der Waals surface area contributed by atoms with Crippen molar-refractivity contribution in [2.24, 2.45) is 11.7 Å². The van der Waals surface area contributed by atoms with Crippen molar-refractivity contribution in [3.05, 3.63) is 63.5 Å². The van der Waals surface area contributed by atoms with Gasteiger partial charge in [-0.15, -0.1) is 0 Å². The lowest BCUT2D eigenvalue weighted by Gasteiger charge is -2.34. The lowest BCUT2D eigenvalue weighted by molar-refractivity contribution is 0.0122. The van der Waals surface area contributed by atoms with Crippen LogP contribution in [0.25, 0.3) is 16.7 Å². The Hall–Kier alpha value is -3.19. The number of fused-ring (bicyclic) bond motifs is 3. The molecule has 0 fully saturated rings. The van der Waals surface area contributed by atoms with Gasteiger partial charge in [0, 0.05) is 24.2 Å². The first-order valence-electron chi connectivity index (χ1n) is 13.4. The summed E-state index contributed by atoms with van der Waals surface area (Å²) in [6, 6.07) is 7.10. The molecule has 2 aliphatic carbocycles. The molecule has 0 unspecified atom stereocenters. The Kier molecular flexibility index (Phi) is 6.41. The fourth-order valence-corrected chi connectivity index (χ4v) is 6.33. The summed E-state index contributed by atoms with van der Waals surface area (Å²) in [5, 5.41) is 10.7. The highest BCUT2D eigenvalue weighted by Gasteiger charge is 2.38. The molecule has 5 rings (SSSR count). The van der Waals surface area contributed by atoms with E-state index in [4.69, 9.17) is 10.5 Å². The van der Waals surface area contributed by atoms with Gasteiger partial charge in [0.25, 0.3) is 0 Å². The van der Waals surface area contributed by atoms with Crippen LogP contribution >= 0.6 is 0 Å². The van der Waals surface area contributed by atoms with E-state index in [1.165, 1.54) is 6.07 Å². The topological polar surface area (TPSA) is 92.9 Å².